The lowest BCUT2D eigenvalue weighted by molar-refractivity contribution is 0.102. The number of nitrogens with one attached hydrogen (secondary N) is 1. The number of aromatic hydroxyl groups is 1. The molecule has 0 atom stereocenters. The van der Waals surface area contributed by atoms with Crippen molar-refractivity contribution in [1.29, 1.82) is 0 Å². The van der Waals surface area contributed by atoms with E-state index in [-0.39, 0.29) is 17.1 Å². The fraction of sp³-hybridized carbons (Fsp3) is 0.133. The first-order valence-corrected chi connectivity index (χ1v) is 6.85. The topological polar surface area (TPSA) is 58.6 Å². The number of phenols is 1. The van der Waals surface area contributed by atoms with Crippen LogP contribution in [0.1, 0.15) is 15.9 Å². The number of methoxy groups -OCH3 is 1. The highest BCUT2D eigenvalue weighted by molar-refractivity contribution is 9.10. The van der Waals surface area contributed by atoms with Crippen LogP contribution in [0.5, 0.6) is 11.5 Å². The minimum Gasteiger partial charge on any atom is -0.504 e. The molecule has 2 rings (SSSR count). The summed E-state index contributed by atoms with van der Waals surface area (Å²) in [6.45, 7) is 1.76. The number of ether oxygens (including phenoxy) is 1. The third-order valence-electron chi connectivity index (χ3n) is 2.96. The van der Waals surface area contributed by atoms with Gasteiger partial charge in [0.25, 0.3) is 5.91 Å². The number of hydrogen-bond acceptors (Lipinski definition) is 3. The average molecular weight is 354 g/mol. The van der Waals surface area contributed by atoms with Crippen molar-refractivity contribution in [3.63, 3.8) is 0 Å². The molecule has 1 amide bonds. The molecule has 0 unspecified atom stereocenters. The van der Waals surface area contributed by atoms with Crippen LogP contribution in [0.15, 0.2) is 34.8 Å². The van der Waals surface area contributed by atoms with Crippen molar-refractivity contribution in [3.8, 4) is 11.5 Å². The van der Waals surface area contributed by atoms with Gasteiger partial charge in [0.05, 0.1) is 11.6 Å². The third kappa shape index (κ3) is 3.33. The van der Waals surface area contributed by atoms with E-state index < -0.39 is 11.7 Å². The highest BCUT2D eigenvalue weighted by atomic mass is 79.9. The molecule has 0 saturated heterocycles. The van der Waals surface area contributed by atoms with Crippen molar-refractivity contribution >= 4 is 27.5 Å². The molecule has 0 bridgehead atoms. The molecular weight excluding hydrogens is 341 g/mol. The number of amides is 1. The number of rotatable bonds is 3. The molecule has 2 N–H and O–H groups in total. The summed E-state index contributed by atoms with van der Waals surface area (Å²) in [7, 11) is 1.42. The Bertz CT molecular complexity index is 704. The van der Waals surface area contributed by atoms with E-state index in [0.717, 1.165) is 0 Å². The Hall–Kier alpha value is -2.08. The van der Waals surface area contributed by atoms with Crippen LogP contribution in [0.3, 0.4) is 0 Å². The molecule has 0 radical (unpaired) electrons. The normalized spacial score (nSPS) is 10.3. The standard InChI is InChI=1S/C15H13BrFNO3/c1-8-5-10(16)11(17)7-12(8)18-15(20)9-3-4-14(21-2)13(19)6-9/h3-7,19H,1-2H3,(H,18,20). The molecule has 0 saturated carbocycles. The highest BCUT2D eigenvalue weighted by Crippen LogP contribution is 2.28. The fourth-order valence-electron chi connectivity index (χ4n) is 1.81. The van der Waals surface area contributed by atoms with Crippen LogP contribution < -0.4 is 10.1 Å². The van der Waals surface area contributed by atoms with Gasteiger partial charge in [-0.05, 0) is 58.7 Å². The fourth-order valence-corrected chi connectivity index (χ4v) is 2.26. The zero-order chi connectivity index (χ0) is 15.6. The molecule has 0 heterocycles. The average Bonchev–Trinajstić information content (AvgIpc) is 2.44. The number of halogens is 2. The SMILES string of the molecule is COc1ccc(C(=O)Nc2cc(F)c(Br)cc2C)cc1O. The molecule has 0 aromatic heterocycles. The predicted molar refractivity (Wildman–Crippen MR) is 81.4 cm³/mol. The molecule has 0 aliphatic rings. The maximum atomic E-state index is 13.5. The van der Waals surface area contributed by atoms with Crippen LogP contribution in [0.2, 0.25) is 0 Å². The second-order valence-electron chi connectivity index (χ2n) is 4.42. The van der Waals surface area contributed by atoms with E-state index in [0.29, 0.717) is 15.7 Å². The number of carbonyl (C=O) groups excluding carboxylic acids is 1. The number of hydrogen-bond donors (Lipinski definition) is 2. The minimum atomic E-state index is -0.464. The molecule has 0 aliphatic heterocycles. The van der Waals surface area contributed by atoms with Gasteiger partial charge in [0, 0.05) is 11.3 Å². The summed E-state index contributed by atoms with van der Waals surface area (Å²) in [6.07, 6.45) is 0. The lowest BCUT2D eigenvalue weighted by atomic mass is 10.1. The van der Waals surface area contributed by atoms with Gasteiger partial charge in [-0.15, -0.1) is 0 Å². The molecule has 0 fully saturated rings. The van der Waals surface area contributed by atoms with Crippen molar-refractivity contribution in [3.05, 3.63) is 51.7 Å². The number of aryl methyl sites for hydroxylation is 1. The first-order valence-electron chi connectivity index (χ1n) is 6.06. The first-order chi connectivity index (χ1) is 9.92. The predicted octanol–water partition coefficient (Wildman–Crippen LogP) is 3.86. The van der Waals surface area contributed by atoms with Crippen LogP contribution in [0.25, 0.3) is 0 Å². The monoisotopic (exact) mass is 353 g/mol. The van der Waals surface area contributed by atoms with E-state index in [2.05, 4.69) is 21.2 Å². The van der Waals surface area contributed by atoms with Gasteiger partial charge in [0.1, 0.15) is 5.82 Å². The molecule has 0 spiro atoms. The van der Waals surface area contributed by atoms with Gasteiger partial charge < -0.3 is 15.2 Å². The summed E-state index contributed by atoms with van der Waals surface area (Å²) in [5.74, 6) is -0.771. The van der Waals surface area contributed by atoms with Crippen LogP contribution in [-0.4, -0.2) is 18.1 Å². The van der Waals surface area contributed by atoms with Gasteiger partial charge in [-0.2, -0.15) is 0 Å². The molecule has 21 heavy (non-hydrogen) atoms. The van der Waals surface area contributed by atoms with Crippen molar-refractivity contribution in [1.82, 2.24) is 0 Å². The summed E-state index contributed by atoms with van der Waals surface area (Å²) < 4.78 is 18.8. The molecular formula is C15H13BrFNO3. The van der Waals surface area contributed by atoms with Crippen LogP contribution in [0.4, 0.5) is 10.1 Å². The molecule has 2 aromatic rings. The van der Waals surface area contributed by atoms with Gasteiger partial charge in [-0.25, -0.2) is 4.39 Å². The summed E-state index contributed by atoms with van der Waals surface area (Å²) in [5, 5.41) is 12.3. The van der Waals surface area contributed by atoms with Crippen LogP contribution in [-0.2, 0) is 0 Å². The maximum Gasteiger partial charge on any atom is 0.255 e. The maximum absolute atomic E-state index is 13.5. The summed E-state index contributed by atoms with van der Waals surface area (Å²) in [4.78, 5) is 12.1. The number of phenolic OH excluding ortho intramolecular Hbond substituents is 1. The number of carbonyl (C=O) groups is 1. The summed E-state index contributed by atoms with van der Waals surface area (Å²) in [5.41, 5.74) is 1.33. The number of anilines is 1. The Balaban J connectivity index is 2.26. The van der Waals surface area contributed by atoms with Gasteiger partial charge in [-0.3, -0.25) is 4.79 Å². The Morgan fingerprint density at radius 2 is 2.05 bits per heavy atom. The summed E-state index contributed by atoms with van der Waals surface area (Å²) in [6, 6.07) is 7.10. The Labute approximate surface area is 129 Å². The number of benzene rings is 2. The van der Waals surface area contributed by atoms with Crippen molar-refractivity contribution in [2.45, 2.75) is 6.92 Å². The zero-order valence-corrected chi connectivity index (χ0v) is 13.0. The summed E-state index contributed by atoms with van der Waals surface area (Å²) >= 11 is 3.08. The second kappa shape index (κ2) is 6.13. The van der Waals surface area contributed by atoms with Crippen molar-refractivity contribution in [2.24, 2.45) is 0 Å². The van der Waals surface area contributed by atoms with E-state index >= 15 is 0 Å². The van der Waals surface area contributed by atoms with Gasteiger partial charge >= 0.3 is 0 Å². The first kappa shape index (κ1) is 15.3. The Kier molecular flexibility index (Phi) is 4.47. The smallest absolute Gasteiger partial charge is 0.255 e. The van der Waals surface area contributed by atoms with E-state index in [1.54, 1.807) is 13.0 Å². The van der Waals surface area contributed by atoms with Crippen LogP contribution in [0, 0.1) is 12.7 Å². The quantitative estimate of drug-likeness (QED) is 0.880. The van der Waals surface area contributed by atoms with Crippen molar-refractivity contribution in [2.75, 3.05) is 12.4 Å². The zero-order valence-electron chi connectivity index (χ0n) is 11.4. The lowest BCUT2D eigenvalue weighted by Gasteiger charge is -2.10. The lowest BCUT2D eigenvalue weighted by Crippen LogP contribution is -2.13. The Morgan fingerprint density at radius 3 is 2.67 bits per heavy atom. The molecule has 110 valence electrons. The minimum absolute atomic E-state index is 0.135. The molecule has 6 heteroatoms. The molecule has 4 nitrogen and oxygen atoms in total. The van der Waals surface area contributed by atoms with E-state index in [9.17, 15) is 14.3 Å². The van der Waals surface area contributed by atoms with Gasteiger partial charge in [0.2, 0.25) is 0 Å². The largest absolute Gasteiger partial charge is 0.504 e. The van der Waals surface area contributed by atoms with E-state index in [1.165, 1.54) is 31.4 Å². The van der Waals surface area contributed by atoms with Crippen molar-refractivity contribution < 1.29 is 19.0 Å². The van der Waals surface area contributed by atoms with E-state index in [1.807, 2.05) is 0 Å². The highest BCUT2D eigenvalue weighted by Gasteiger charge is 2.12. The Morgan fingerprint density at radius 1 is 1.33 bits per heavy atom. The van der Waals surface area contributed by atoms with E-state index in [4.69, 9.17) is 4.74 Å². The van der Waals surface area contributed by atoms with Gasteiger partial charge in [-0.1, -0.05) is 0 Å². The van der Waals surface area contributed by atoms with Crippen LogP contribution >= 0.6 is 15.9 Å². The molecule has 0 aliphatic carbocycles. The van der Waals surface area contributed by atoms with Gasteiger partial charge in [0.15, 0.2) is 11.5 Å². The third-order valence-corrected chi connectivity index (χ3v) is 3.56. The molecule has 2 aromatic carbocycles. The second-order valence-corrected chi connectivity index (χ2v) is 5.28.